The van der Waals surface area contributed by atoms with Crippen molar-refractivity contribution in [3.05, 3.63) is 11.8 Å². The van der Waals surface area contributed by atoms with Gasteiger partial charge in [-0.3, -0.25) is 4.79 Å². The Hall–Kier alpha value is -1.83. The molecule has 0 amide bonds. The van der Waals surface area contributed by atoms with Crippen molar-refractivity contribution in [2.45, 2.75) is 25.0 Å². The van der Waals surface area contributed by atoms with Crippen LogP contribution in [0.5, 0.6) is 0 Å². The number of ether oxygens (including phenoxy) is 1. The van der Waals surface area contributed by atoms with Crippen LogP contribution in [0.1, 0.15) is 19.1 Å². The summed E-state index contributed by atoms with van der Waals surface area (Å²) in [5.74, 6) is 1.32. The minimum atomic E-state index is -0.267. The van der Waals surface area contributed by atoms with Crippen LogP contribution in [0, 0.1) is 0 Å². The Morgan fingerprint density at radius 1 is 1.47 bits per heavy atom. The highest BCUT2D eigenvalue weighted by atomic mass is 32.2. The Kier molecular flexibility index (Phi) is 4.56. The zero-order chi connectivity index (χ0) is 13.7. The fourth-order valence-electron chi connectivity index (χ4n) is 1.28. The van der Waals surface area contributed by atoms with E-state index < -0.39 is 0 Å². The number of aromatic nitrogens is 3. The van der Waals surface area contributed by atoms with Crippen LogP contribution in [0.3, 0.4) is 0 Å². The lowest BCUT2D eigenvalue weighted by atomic mass is 10.3. The molecule has 0 fully saturated rings. The molecule has 19 heavy (non-hydrogen) atoms. The van der Waals surface area contributed by atoms with Crippen LogP contribution < -0.4 is 0 Å². The standard InChI is InChI=1S/C11H13N3O4S/c1-3-7-6-8(14-18-7)10-12-13-11(17-10)19-5-4-9(15)16-2/h6H,3-5H2,1-2H3. The third-order valence-corrected chi connectivity index (χ3v) is 3.11. The molecule has 0 radical (unpaired) electrons. The van der Waals surface area contributed by atoms with Gasteiger partial charge < -0.3 is 13.7 Å². The fourth-order valence-corrected chi connectivity index (χ4v) is 1.96. The van der Waals surface area contributed by atoms with E-state index in [9.17, 15) is 4.79 Å². The van der Waals surface area contributed by atoms with E-state index in [0.717, 1.165) is 12.2 Å². The molecule has 0 aliphatic rings. The van der Waals surface area contributed by atoms with Crippen molar-refractivity contribution in [1.29, 1.82) is 0 Å². The molecule has 2 rings (SSSR count). The molecule has 0 aliphatic carbocycles. The average molecular weight is 283 g/mol. The predicted octanol–water partition coefficient (Wildman–Crippen LogP) is 1.94. The third-order valence-electron chi connectivity index (χ3n) is 2.29. The van der Waals surface area contributed by atoms with Gasteiger partial charge in [0.05, 0.1) is 13.5 Å². The minimum absolute atomic E-state index is 0.267. The Labute approximate surface area is 113 Å². The lowest BCUT2D eigenvalue weighted by Crippen LogP contribution is -2.00. The first-order chi connectivity index (χ1) is 9.22. The summed E-state index contributed by atoms with van der Waals surface area (Å²) in [6.45, 7) is 1.96. The van der Waals surface area contributed by atoms with Gasteiger partial charge in [0.1, 0.15) is 5.76 Å². The first-order valence-electron chi connectivity index (χ1n) is 5.72. The second-order valence-corrected chi connectivity index (χ2v) is 4.63. The molecular formula is C11H13N3O4S. The van der Waals surface area contributed by atoms with E-state index in [1.807, 2.05) is 6.92 Å². The monoisotopic (exact) mass is 283 g/mol. The fraction of sp³-hybridized carbons (Fsp3) is 0.455. The summed E-state index contributed by atoms with van der Waals surface area (Å²) < 4.78 is 15.0. The molecule has 2 heterocycles. The van der Waals surface area contributed by atoms with E-state index >= 15 is 0 Å². The molecule has 0 N–H and O–H groups in total. The molecule has 0 spiro atoms. The molecule has 0 atom stereocenters. The SMILES string of the molecule is CCc1cc(-c2nnc(SCCC(=O)OC)o2)no1. The zero-order valence-electron chi connectivity index (χ0n) is 10.6. The number of carbonyl (C=O) groups is 1. The minimum Gasteiger partial charge on any atom is -0.469 e. The van der Waals surface area contributed by atoms with Crippen LogP contribution in [0.4, 0.5) is 0 Å². The summed E-state index contributed by atoms with van der Waals surface area (Å²) >= 11 is 1.29. The summed E-state index contributed by atoms with van der Waals surface area (Å²) in [4.78, 5) is 10.9. The van der Waals surface area contributed by atoms with Crippen molar-refractivity contribution in [3.8, 4) is 11.6 Å². The number of methoxy groups -OCH3 is 1. The van der Waals surface area contributed by atoms with Gasteiger partial charge in [-0.15, -0.1) is 10.2 Å². The lowest BCUT2D eigenvalue weighted by molar-refractivity contribution is -0.140. The molecule has 0 bridgehead atoms. The van der Waals surface area contributed by atoms with Gasteiger partial charge in [-0.2, -0.15) is 0 Å². The number of esters is 1. The molecule has 0 unspecified atom stereocenters. The first-order valence-corrected chi connectivity index (χ1v) is 6.70. The van der Waals surface area contributed by atoms with E-state index in [0.29, 0.717) is 29.0 Å². The van der Waals surface area contributed by atoms with Crippen LogP contribution in [-0.2, 0) is 16.0 Å². The van der Waals surface area contributed by atoms with Crippen molar-refractivity contribution in [1.82, 2.24) is 15.4 Å². The summed E-state index contributed by atoms with van der Waals surface area (Å²) in [6.07, 6.45) is 1.05. The summed E-state index contributed by atoms with van der Waals surface area (Å²) in [6, 6.07) is 1.76. The van der Waals surface area contributed by atoms with Gasteiger partial charge in [0.15, 0.2) is 5.69 Å². The summed E-state index contributed by atoms with van der Waals surface area (Å²) in [5.41, 5.74) is 0.518. The Morgan fingerprint density at radius 2 is 2.32 bits per heavy atom. The molecule has 0 aromatic carbocycles. The Bertz CT molecular complexity index is 552. The van der Waals surface area contributed by atoms with E-state index in [-0.39, 0.29) is 5.97 Å². The van der Waals surface area contributed by atoms with Gasteiger partial charge in [0.25, 0.3) is 11.1 Å². The van der Waals surface area contributed by atoms with Crippen molar-refractivity contribution >= 4 is 17.7 Å². The molecule has 2 aromatic rings. The highest BCUT2D eigenvalue weighted by Crippen LogP contribution is 2.23. The second kappa shape index (κ2) is 6.37. The number of thioether (sulfide) groups is 1. The molecule has 2 aromatic heterocycles. The molecule has 7 nitrogen and oxygen atoms in total. The zero-order valence-corrected chi connectivity index (χ0v) is 11.4. The summed E-state index contributed by atoms with van der Waals surface area (Å²) in [7, 11) is 1.35. The maximum Gasteiger partial charge on any atom is 0.306 e. The maximum absolute atomic E-state index is 10.9. The number of nitrogens with zero attached hydrogens (tertiary/aromatic N) is 3. The van der Waals surface area contributed by atoms with E-state index in [1.165, 1.54) is 18.9 Å². The maximum atomic E-state index is 10.9. The summed E-state index contributed by atoms with van der Waals surface area (Å²) in [5, 5.41) is 12.0. The smallest absolute Gasteiger partial charge is 0.306 e. The van der Waals surface area contributed by atoms with Gasteiger partial charge >= 0.3 is 5.97 Å². The van der Waals surface area contributed by atoms with Gasteiger partial charge in [-0.05, 0) is 0 Å². The molecule has 8 heteroatoms. The highest BCUT2D eigenvalue weighted by molar-refractivity contribution is 7.99. The van der Waals surface area contributed by atoms with Crippen LogP contribution in [-0.4, -0.2) is 34.2 Å². The highest BCUT2D eigenvalue weighted by Gasteiger charge is 2.13. The number of hydrogen-bond donors (Lipinski definition) is 0. The van der Waals surface area contributed by atoms with Crippen LogP contribution in [0.15, 0.2) is 20.2 Å². The third kappa shape index (κ3) is 3.57. The first kappa shape index (κ1) is 13.6. The average Bonchev–Trinajstić information content (AvgIpc) is 3.06. The largest absolute Gasteiger partial charge is 0.469 e. The van der Waals surface area contributed by atoms with Gasteiger partial charge in [-0.1, -0.05) is 23.8 Å². The van der Waals surface area contributed by atoms with E-state index in [4.69, 9.17) is 8.94 Å². The van der Waals surface area contributed by atoms with Crippen molar-refractivity contribution in [3.63, 3.8) is 0 Å². The van der Waals surface area contributed by atoms with Gasteiger partial charge in [0, 0.05) is 18.2 Å². The topological polar surface area (TPSA) is 91.2 Å². The normalized spacial score (nSPS) is 10.6. The molecular weight excluding hydrogens is 270 g/mol. The van der Waals surface area contributed by atoms with Crippen LogP contribution in [0.2, 0.25) is 0 Å². The van der Waals surface area contributed by atoms with Gasteiger partial charge in [-0.25, -0.2) is 0 Å². The predicted molar refractivity (Wildman–Crippen MR) is 66.5 cm³/mol. The van der Waals surface area contributed by atoms with Crippen LogP contribution >= 0.6 is 11.8 Å². The lowest BCUT2D eigenvalue weighted by Gasteiger charge is -1.95. The number of rotatable bonds is 6. The van der Waals surface area contributed by atoms with Crippen LogP contribution in [0.25, 0.3) is 11.6 Å². The quantitative estimate of drug-likeness (QED) is 0.586. The molecule has 0 saturated heterocycles. The molecule has 102 valence electrons. The molecule has 0 aliphatic heterocycles. The Balaban J connectivity index is 1.93. The van der Waals surface area contributed by atoms with Crippen molar-refractivity contribution < 1.29 is 18.5 Å². The Morgan fingerprint density at radius 3 is 3.00 bits per heavy atom. The van der Waals surface area contributed by atoms with Crippen molar-refractivity contribution in [2.24, 2.45) is 0 Å². The number of aryl methyl sites for hydroxylation is 1. The van der Waals surface area contributed by atoms with E-state index in [2.05, 4.69) is 20.1 Å². The van der Waals surface area contributed by atoms with Crippen molar-refractivity contribution in [2.75, 3.05) is 12.9 Å². The second-order valence-electron chi connectivity index (χ2n) is 3.58. The van der Waals surface area contributed by atoms with Gasteiger partial charge in [0.2, 0.25) is 0 Å². The number of hydrogen-bond acceptors (Lipinski definition) is 8. The number of carbonyl (C=O) groups excluding carboxylic acids is 1. The van der Waals surface area contributed by atoms with E-state index in [1.54, 1.807) is 6.07 Å². The molecule has 0 saturated carbocycles.